The first-order chi connectivity index (χ1) is 16.6. The molecule has 0 unspecified atom stereocenters. The third-order valence-corrected chi connectivity index (χ3v) is 6.30. The SMILES string of the molecule is COc1cccc(NC(=O)N2CCc3cc(-c4ccc(C(=O)N5CCOCC5)cc4)ccc32)c1. The van der Waals surface area contributed by atoms with Crippen molar-refractivity contribution in [3.05, 3.63) is 77.9 Å². The van der Waals surface area contributed by atoms with Gasteiger partial charge in [-0.3, -0.25) is 9.69 Å². The number of carbonyl (C=O) groups is 2. The number of nitrogens with one attached hydrogen (secondary N) is 1. The molecule has 1 fully saturated rings. The maximum absolute atomic E-state index is 12.9. The fraction of sp³-hybridized carbons (Fsp3) is 0.259. The van der Waals surface area contributed by atoms with Crippen LogP contribution < -0.4 is 15.0 Å². The molecule has 7 heteroatoms. The highest BCUT2D eigenvalue weighted by Crippen LogP contribution is 2.33. The lowest BCUT2D eigenvalue weighted by Crippen LogP contribution is -2.40. The van der Waals surface area contributed by atoms with Crippen LogP contribution in [-0.2, 0) is 11.2 Å². The molecule has 0 bridgehead atoms. The first kappa shape index (κ1) is 22.0. The summed E-state index contributed by atoms with van der Waals surface area (Å²) in [5, 5.41) is 2.95. The van der Waals surface area contributed by atoms with Crippen LogP contribution in [0.25, 0.3) is 11.1 Å². The Balaban J connectivity index is 1.29. The average Bonchev–Trinajstić information content (AvgIpc) is 3.32. The van der Waals surface area contributed by atoms with E-state index in [1.165, 1.54) is 0 Å². The van der Waals surface area contributed by atoms with E-state index in [0.29, 0.717) is 49.8 Å². The van der Waals surface area contributed by atoms with Gasteiger partial charge in [-0.1, -0.05) is 24.3 Å². The molecule has 34 heavy (non-hydrogen) atoms. The molecular weight excluding hydrogens is 430 g/mol. The molecule has 0 radical (unpaired) electrons. The molecule has 7 nitrogen and oxygen atoms in total. The third kappa shape index (κ3) is 4.47. The van der Waals surface area contributed by atoms with Gasteiger partial charge < -0.3 is 19.7 Å². The lowest BCUT2D eigenvalue weighted by Gasteiger charge is -2.26. The van der Waals surface area contributed by atoms with E-state index in [9.17, 15) is 9.59 Å². The highest BCUT2D eigenvalue weighted by Gasteiger charge is 2.25. The molecule has 3 amide bonds. The predicted octanol–water partition coefficient (Wildman–Crippen LogP) is 4.43. The fourth-order valence-corrected chi connectivity index (χ4v) is 4.44. The molecule has 2 aliphatic heterocycles. The molecule has 3 aromatic carbocycles. The van der Waals surface area contributed by atoms with Crippen molar-refractivity contribution >= 4 is 23.3 Å². The minimum absolute atomic E-state index is 0.0430. The summed E-state index contributed by atoms with van der Waals surface area (Å²) in [6.45, 7) is 3.07. The number of hydrogen-bond donors (Lipinski definition) is 1. The summed E-state index contributed by atoms with van der Waals surface area (Å²) in [7, 11) is 1.60. The van der Waals surface area contributed by atoms with Gasteiger partial charge in [-0.2, -0.15) is 0 Å². The maximum Gasteiger partial charge on any atom is 0.326 e. The molecule has 3 aromatic rings. The Bertz CT molecular complexity index is 1200. The highest BCUT2D eigenvalue weighted by atomic mass is 16.5. The number of morpholine rings is 1. The van der Waals surface area contributed by atoms with Crippen molar-refractivity contribution in [2.24, 2.45) is 0 Å². The number of amides is 3. The van der Waals surface area contributed by atoms with Crippen molar-refractivity contribution in [3.63, 3.8) is 0 Å². The van der Waals surface area contributed by atoms with E-state index in [1.54, 1.807) is 18.1 Å². The zero-order valence-corrected chi connectivity index (χ0v) is 19.1. The van der Waals surface area contributed by atoms with E-state index in [-0.39, 0.29) is 11.9 Å². The van der Waals surface area contributed by atoms with Crippen molar-refractivity contribution < 1.29 is 19.1 Å². The minimum Gasteiger partial charge on any atom is -0.497 e. The topological polar surface area (TPSA) is 71.1 Å². The number of anilines is 2. The van der Waals surface area contributed by atoms with E-state index in [4.69, 9.17) is 9.47 Å². The maximum atomic E-state index is 12.9. The third-order valence-electron chi connectivity index (χ3n) is 6.30. The lowest BCUT2D eigenvalue weighted by atomic mass is 10.0. The van der Waals surface area contributed by atoms with Gasteiger partial charge in [0.1, 0.15) is 5.75 Å². The van der Waals surface area contributed by atoms with Crippen LogP contribution in [0, 0.1) is 0 Å². The molecule has 0 spiro atoms. The van der Waals surface area contributed by atoms with Gasteiger partial charge >= 0.3 is 6.03 Å². The second-order valence-electron chi connectivity index (χ2n) is 8.39. The first-order valence-electron chi connectivity index (χ1n) is 11.5. The number of nitrogens with zero attached hydrogens (tertiary/aromatic N) is 2. The summed E-state index contributed by atoms with van der Waals surface area (Å²) < 4.78 is 10.6. The summed E-state index contributed by atoms with van der Waals surface area (Å²) in [6.07, 6.45) is 0.794. The molecule has 0 aliphatic carbocycles. The molecule has 5 rings (SSSR count). The monoisotopic (exact) mass is 457 g/mol. The summed E-state index contributed by atoms with van der Waals surface area (Å²) in [5.41, 5.74) is 5.54. The van der Waals surface area contributed by atoms with E-state index < -0.39 is 0 Å². The molecule has 174 valence electrons. The van der Waals surface area contributed by atoms with Gasteiger partial charge in [-0.25, -0.2) is 4.79 Å². The molecule has 0 atom stereocenters. The van der Waals surface area contributed by atoms with E-state index >= 15 is 0 Å². The van der Waals surface area contributed by atoms with Gasteiger partial charge in [0.2, 0.25) is 0 Å². The van der Waals surface area contributed by atoms with E-state index in [1.807, 2.05) is 59.5 Å². The largest absolute Gasteiger partial charge is 0.497 e. The highest BCUT2D eigenvalue weighted by molar-refractivity contribution is 6.03. The quantitative estimate of drug-likeness (QED) is 0.629. The van der Waals surface area contributed by atoms with Crippen LogP contribution in [0.5, 0.6) is 5.75 Å². The molecule has 1 saturated heterocycles. The molecule has 0 aromatic heterocycles. The second-order valence-corrected chi connectivity index (χ2v) is 8.39. The summed E-state index contributed by atoms with van der Waals surface area (Å²) in [6, 6.07) is 21.0. The molecular formula is C27H27N3O4. The summed E-state index contributed by atoms with van der Waals surface area (Å²) in [5.74, 6) is 0.739. The smallest absolute Gasteiger partial charge is 0.326 e. The number of carbonyl (C=O) groups excluding carboxylic acids is 2. The lowest BCUT2D eigenvalue weighted by molar-refractivity contribution is 0.0303. The number of methoxy groups -OCH3 is 1. The fourth-order valence-electron chi connectivity index (χ4n) is 4.44. The summed E-state index contributed by atoms with van der Waals surface area (Å²) >= 11 is 0. The summed E-state index contributed by atoms with van der Waals surface area (Å²) in [4.78, 5) is 29.2. The second kappa shape index (κ2) is 9.57. The van der Waals surface area contributed by atoms with Crippen LogP contribution in [-0.4, -0.2) is 56.8 Å². The minimum atomic E-state index is -0.161. The van der Waals surface area contributed by atoms with Crippen molar-refractivity contribution in [1.29, 1.82) is 0 Å². The van der Waals surface area contributed by atoms with Crippen LogP contribution >= 0.6 is 0 Å². The Morgan fingerprint density at radius 1 is 0.912 bits per heavy atom. The van der Waals surface area contributed by atoms with E-state index in [0.717, 1.165) is 28.8 Å². The Labute approximate surface area is 198 Å². The van der Waals surface area contributed by atoms with Crippen molar-refractivity contribution in [2.45, 2.75) is 6.42 Å². The van der Waals surface area contributed by atoms with Crippen LogP contribution in [0.3, 0.4) is 0 Å². The zero-order chi connectivity index (χ0) is 23.5. The first-order valence-corrected chi connectivity index (χ1v) is 11.5. The van der Waals surface area contributed by atoms with Gasteiger partial charge in [0.25, 0.3) is 5.91 Å². The Morgan fingerprint density at radius 3 is 2.44 bits per heavy atom. The zero-order valence-electron chi connectivity index (χ0n) is 19.1. The standard InChI is InChI=1S/C27H27N3O4/c1-33-24-4-2-3-23(18-24)28-27(32)30-12-11-22-17-21(9-10-25(22)30)19-5-7-20(8-6-19)26(31)29-13-15-34-16-14-29/h2-10,17-18H,11-16H2,1H3,(H,28,32). The van der Waals surface area contributed by atoms with Crippen LogP contribution in [0.4, 0.5) is 16.2 Å². The van der Waals surface area contributed by atoms with Crippen molar-refractivity contribution in [3.8, 4) is 16.9 Å². The van der Waals surface area contributed by atoms with Gasteiger partial charge in [-0.05, 0) is 59.5 Å². The predicted molar refractivity (Wildman–Crippen MR) is 132 cm³/mol. The Morgan fingerprint density at radius 2 is 1.68 bits per heavy atom. The van der Waals surface area contributed by atoms with Gasteiger partial charge in [-0.15, -0.1) is 0 Å². The van der Waals surface area contributed by atoms with Gasteiger partial charge in [0, 0.05) is 42.6 Å². The number of ether oxygens (including phenoxy) is 2. The number of hydrogen-bond acceptors (Lipinski definition) is 4. The van der Waals surface area contributed by atoms with Gasteiger partial charge in [0.05, 0.1) is 20.3 Å². The van der Waals surface area contributed by atoms with Crippen LogP contribution in [0.1, 0.15) is 15.9 Å². The molecule has 2 heterocycles. The van der Waals surface area contributed by atoms with Gasteiger partial charge in [0.15, 0.2) is 0 Å². The number of benzene rings is 3. The Hall–Kier alpha value is -3.84. The molecule has 1 N–H and O–H groups in total. The van der Waals surface area contributed by atoms with Crippen molar-refractivity contribution in [2.75, 3.05) is 50.2 Å². The molecule has 2 aliphatic rings. The van der Waals surface area contributed by atoms with Crippen LogP contribution in [0.15, 0.2) is 66.7 Å². The average molecular weight is 458 g/mol. The molecule has 0 saturated carbocycles. The number of urea groups is 1. The number of fused-ring (bicyclic) bond motifs is 1. The Kier molecular flexibility index (Phi) is 6.18. The van der Waals surface area contributed by atoms with E-state index in [2.05, 4.69) is 11.4 Å². The number of rotatable bonds is 4. The normalized spacial score (nSPS) is 15.1. The van der Waals surface area contributed by atoms with Crippen LogP contribution in [0.2, 0.25) is 0 Å². The van der Waals surface area contributed by atoms with Crippen molar-refractivity contribution in [1.82, 2.24) is 4.90 Å².